The summed E-state index contributed by atoms with van der Waals surface area (Å²) >= 11 is 0. The predicted molar refractivity (Wildman–Crippen MR) is 99.6 cm³/mol. The molecule has 21 heavy (non-hydrogen) atoms. The Hall–Kier alpha value is 0.531. The molecule has 0 aliphatic heterocycles. The molecule has 3 nitrogen and oxygen atoms in total. The molecule has 0 aromatic rings. The van der Waals surface area contributed by atoms with Crippen LogP contribution in [0.2, 0.25) is 42.3 Å². The van der Waals surface area contributed by atoms with E-state index in [1.165, 1.54) is 0 Å². The third kappa shape index (κ3) is 5.91. The van der Waals surface area contributed by atoms with Gasteiger partial charge in [0.15, 0.2) is 16.6 Å². The third-order valence-corrected chi connectivity index (χ3v) is 20.1. The van der Waals surface area contributed by atoms with Gasteiger partial charge in [-0.2, -0.15) is 0 Å². The van der Waals surface area contributed by atoms with Crippen LogP contribution in [0.25, 0.3) is 0 Å². The molecule has 0 bridgehead atoms. The monoisotopic (exact) mass is 350 g/mol. The van der Waals surface area contributed by atoms with Crippen molar-refractivity contribution < 1.29 is 13.0 Å². The SMILES string of the molecule is CCC[Si](O)(O[Si](CC)(CC)CC)O[Si](CC)(CC)CC. The standard InChI is InChI=1S/C15H38O3Si3/c1-8-15-21(16,17-19(9-2,10-3)11-4)18-20(12-5,13-6)14-7/h16H,8-15H2,1-7H3. The predicted octanol–water partition coefficient (Wildman–Crippen LogP) is 5.37. The Morgan fingerprint density at radius 2 is 0.905 bits per heavy atom. The van der Waals surface area contributed by atoms with E-state index in [1.807, 2.05) is 0 Å². The Morgan fingerprint density at radius 1 is 0.619 bits per heavy atom. The number of hydrogen-bond donors (Lipinski definition) is 1. The first kappa shape index (κ1) is 21.5. The van der Waals surface area contributed by atoms with Gasteiger partial charge < -0.3 is 13.0 Å². The minimum absolute atomic E-state index is 0.719. The fourth-order valence-corrected chi connectivity index (χ4v) is 16.9. The fraction of sp³-hybridized carbons (Fsp3) is 1.00. The van der Waals surface area contributed by atoms with Crippen LogP contribution in [0.1, 0.15) is 54.9 Å². The van der Waals surface area contributed by atoms with Gasteiger partial charge in [-0.1, -0.05) is 54.9 Å². The van der Waals surface area contributed by atoms with Crippen molar-refractivity contribution in [2.75, 3.05) is 0 Å². The van der Waals surface area contributed by atoms with Crippen molar-refractivity contribution in [3.8, 4) is 0 Å². The van der Waals surface area contributed by atoms with E-state index in [1.54, 1.807) is 0 Å². The summed E-state index contributed by atoms with van der Waals surface area (Å²) in [6.07, 6.45) is 0.936. The first-order valence-corrected chi connectivity index (χ1v) is 16.0. The van der Waals surface area contributed by atoms with Crippen molar-refractivity contribution in [3.05, 3.63) is 0 Å². The number of hydrogen-bond acceptors (Lipinski definition) is 3. The first-order valence-electron chi connectivity index (χ1n) is 8.96. The maximum atomic E-state index is 11.2. The highest BCUT2D eigenvalue weighted by molar-refractivity contribution is 6.87. The van der Waals surface area contributed by atoms with Crippen molar-refractivity contribution in [1.82, 2.24) is 0 Å². The second-order valence-electron chi connectivity index (χ2n) is 6.15. The lowest BCUT2D eigenvalue weighted by Crippen LogP contribution is -2.58. The molecule has 6 heteroatoms. The Morgan fingerprint density at radius 3 is 1.10 bits per heavy atom. The summed E-state index contributed by atoms with van der Waals surface area (Å²) in [5.74, 6) is 0. The topological polar surface area (TPSA) is 38.7 Å². The lowest BCUT2D eigenvalue weighted by atomic mass is 10.6. The maximum Gasteiger partial charge on any atom is 0.477 e. The smallest absolute Gasteiger partial charge is 0.416 e. The van der Waals surface area contributed by atoms with Gasteiger partial charge in [0.25, 0.3) is 0 Å². The van der Waals surface area contributed by atoms with E-state index >= 15 is 0 Å². The van der Waals surface area contributed by atoms with Crippen LogP contribution in [0, 0.1) is 0 Å². The lowest BCUT2D eigenvalue weighted by molar-refractivity contribution is 0.235. The van der Waals surface area contributed by atoms with Crippen molar-refractivity contribution >= 4 is 25.4 Å². The largest absolute Gasteiger partial charge is 0.477 e. The minimum Gasteiger partial charge on any atom is -0.416 e. The average molecular weight is 351 g/mol. The van der Waals surface area contributed by atoms with Gasteiger partial charge in [0.05, 0.1) is 0 Å². The molecule has 0 spiro atoms. The van der Waals surface area contributed by atoms with Gasteiger partial charge in [-0.25, -0.2) is 0 Å². The van der Waals surface area contributed by atoms with E-state index in [4.69, 9.17) is 8.23 Å². The summed E-state index contributed by atoms with van der Waals surface area (Å²) < 4.78 is 13.0. The molecule has 0 atom stereocenters. The van der Waals surface area contributed by atoms with E-state index < -0.39 is 25.4 Å². The molecule has 0 unspecified atom stereocenters. The zero-order valence-electron chi connectivity index (χ0n) is 15.4. The highest BCUT2D eigenvalue weighted by Gasteiger charge is 2.49. The summed E-state index contributed by atoms with van der Waals surface area (Å²) in [7, 11) is -6.66. The minimum atomic E-state index is -3.02. The zero-order valence-corrected chi connectivity index (χ0v) is 18.4. The second kappa shape index (κ2) is 9.62. The van der Waals surface area contributed by atoms with Gasteiger partial charge in [-0.3, -0.25) is 0 Å². The van der Waals surface area contributed by atoms with Crippen LogP contribution in [0.15, 0.2) is 0 Å². The highest BCUT2D eigenvalue weighted by atomic mass is 28.5. The van der Waals surface area contributed by atoms with Crippen LogP contribution < -0.4 is 0 Å². The van der Waals surface area contributed by atoms with Gasteiger partial charge in [0.1, 0.15) is 0 Å². The van der Waals surface area contributed by atoms with Crippen molar-refractivity contribution in [3.63, 3.8) is 0 Å². The van der Waals surface area contributed by atoms with Crippen molar-refractivity contribution in [2.45, 2.75) is 97.2 Å². The molecule has 0 amide bonds. The van der Waals surface area contributed by atoms with Crippen molar-refractivity contribution in [2.24, 2.45) is 0 Å². The molecule has 0 fully saturated rings. The quantitative estimate of drug-likeness (QED) is 0.481. The third-order valence-electron chi connectivity index (χ3n) is 5.18. The molecule has 0 aromatic heterocycles. The van der Waals surface area contributed by atoms with Gasteiger partial charge in [0.2, 0.25) is 0 Å². The zero-order chi connectivity index (χ0) is 16.6. The molecule has 0 radical (unpaired) electrons. The van der Waals surface area contributed by atoms with Crippen LogP contribution in [0.3, 0.4) is 0 Å². The maximum absolute atomic E-state index is 11.2. The summed E-state index contributed by atoms with van der Waals surface area (Å²) in [6.45, 7) is 15.4. The van der Waals surface area contributed by atoms with E-state index in [0.717, 1.165) is 48.7 Å². The molecule has 0 saturated carbocycles. The molecule has 0 rings (SSSR count). The highest BCUT2D eigenvalue weighted by Crippen LogP contribution is 2.33. The van der Waals surface area contributed by atoms with E-state index in [2.05, 4.69) is 48.5 Å². The Balaban J connectivity index is 5.32. The first-order chi connectivity index (χ1) is 9.84. The van der Waals surface area contributed by atoms with E-state index in [9.17, 15) is 4.80 Å². The molecular formula is C15H38O3Si3. The molecule has 1 N–H and O–H groups in total. The molecular weight excluding hydrogens is 312 g/mol. The van der Waals surface area contributed by atoms with Gasteiger partial charge in [-0.15, -0.1) is 0 Å². The normalized spacial score (nSPS) is 13.7. The number of rotatable bonds is 12. The van der Waals surface area contributed by atoms with E-state index in [-0.39, 0.29) is 0 Å². The van der Waals surface area contributed by atoms with Crippen LogP contribution in [0.5, 0.6) is 0 Å². The molecule has 0 saturated heterocycles. The van der Waals surface area contributed by atoms with Gasteiger partial charge in [-0.05, 0) is 36.3 Å². The van der Waals surface area contributed by atoms with Crippen LogP contribution in [0.4, 0.5) is 0 Å². The van der Waals surface area contributed by atoms with Crippen LogP contribution >= 0.6 is 0 Å². The van der Waals surface area contributed by atoms with Gasteiger partial charge in [0, 0.05) is 6.04 Å². The summed E-state index contributed by atoms with van der Waals surface area (Å²) in [6, 6.07) is 7.14. The Bertz CT molecular complexity index is 241. The molecule has 128 valence electrons. The molecule has 0 heterocycles. The fourth-order valence-electron chi connectivity index (χ4n) is 3.05. The Labute approximate surface area is 136 Å². The summed E-state index contributed by atoms with van der Waals surface area (Å²) in [5.41, 5.74) is 0. The summed E-state index contributed by atoms with van der Waals surface area (Å²) in [5, 5.41) is 0. The van der Waals surface area contributed by atoms with Crippen LogP contribution in [-0.2, 0) is 8.23 Å². The lowest BCUT2D eigenvalue weighted by Gasteiger charge is -2.42. The second-order valence-corrected chi connectivity index (χ2v) is 18.7. The van der Waals surface area contributed by atoms with Crippen LogP contribution in [-0.4, -0.2) is 30.2 Å². The molecule has 0 aliphatic carbocycles. The van der Waals surface area contributed by atoms with Crippen molar-refractivity contribution in [1.29, 1.82) is 0 Å². The summed E-state index contributed by atoms with van der Waals surface area (Å²) in [4.78, 5) is 11.2. The Kier molecular flexibility index (Phi) is 9.86. The average Bonchev–Trinajstić information content (AvgIpc) is 2.51. The van der Waals surface area contributed by atoms with Gasteiger partial charge >= 0.3 is 8.80 Å². The van der Waals surface area contributed by atoms with E-state index in [0.29, 0.717) is 0 Å². The molecule has 0 aromatic carbocycles. The molecule has 0 aliphatic rings.